The summed E-state index contributed by atoms with van der Waals surface area (Å²) >= 11 is 1.18. The van der Waals surface area contributed by atoms with Crippen molar-refractivity contribution < 1.29 is 22.7 Å². The zero-order valence-corrected chi connectivity index (χ0v) is 17.7. The highest BCUT2D eigenvalue weighted by molar-refractivity contribution is 7.07. The highest BCUT2D eigenvalue weighted by Gasteiger charge is 2.30. The Labute approximate surface area is 185 Å². The predicted octanol–water partition coefficient (Wildman–Crippen LogP) is 5.97. The molecule has 0 aliphatic rings. The topological polar surface area (TPSA) is 43.6 Å². The quantitative estimate of drug-likeness (QED) is 0.381. The molecule has 1 amide bonds. The fourth-order valence-electron chi connectivity index (χ4n) is 3.16. The van der Waals surface area contributed by atoms with Crippen molar-refractivity contribution in [2.75, 3.05) is 7.11 Å². The molecule has 3 aromatic carbocycles. The second-order valence-corrected chi connectivity index (χ2v) is 7.64. The second-order valence-electron chi connectivity index (χ2n) is 6.80. The van der Waals surface area contributed by atoms with E-state index in [2.05, 4.69) is 4.99 Å². The summed E-state index contributed by atoms with van der Waals surface area (Å²) in [6, 6.07) is 20.6. The van der Waals surface area contributed by atoms with Crippen molar-refractivity contribution in [3.8, 4) is 22.7 Å². The Hall–Kier alpha value is -3.65. The summed E-state index contributed by atoms with van der Waals surface area (Å²) in [6.07, 6.45) is -4.50. The monoisotopic (exact) mass is 454 g/mol. The molecule has 0 fully saturated rings. The van der Waals surface area contributed by atoms with Gasteiger partial charge >= 0.3 is 6.18 Å². The molecule has 162 valence electrons. The van der Waals surface area contributed by atoms with Crippen molar-refractivity contribution in [1.82, 2.24) is 4.57 Å². The number of hydrogen-bond donors (Lipinski definition) is 0. The number of nitrogens with zero attached hydrogens (tertiary/aromatic N) is 2. The molecular weight excluding hydrogens is 437 g/mol. The number of methoxy groups -OCH3 is 1. The lowest BCUT2D eigenvalue weighted by Gasteiger charge is -2.13. The van der Waals surface area contributed by atoms with Crippen LogP contribution in [0.4, 0.5) is 13.2 Å². The van der Waals surface area contributed by atoms with Crippen molar-refractivity contribution in [3.05, 3.63) is 100 Å². The molecule has 0 atom stereocenters. The third kappa shape index (κ3) is 4.50. The maximum Gasteiger partial charge on any atom is 0.416 e. The van der Waals surface area contributed by atoms with E-state index in [4.69, 9.17) is 4.74 Å². The lowest BCUT2D eigenvalue weighted by Crippen LogP contribution is -2.17. The Bertz CT molecular complexity index is 1310. The van der Waals surface area contributed by atoms with Gasteiger partial charge in [0, 0.05) is 16.6 Å². The SMILES string of the molecule is COc1ccc(-c2csc(=NC(=O)c3ccccc3)n2-c2cccc(C(F)(F)F)c2)cc1. The highest BCUT2D eigenvalue weighted by Crippen LogP contribution is 2.32. The molecule has 0 N–H and O–H groups in total. The van der Waals surface area contributed by atoms with Gasteiger partial charge in [-0.1, -0.05) is 24.3 Å². The number of amides is 1. The van der Waals surface area contributed by atoms with Gasteiger partial charge in [-0.3, -0.25) is 9.36 Å². The number of rotatable bonds is 4. The van der Waals surface area contributed by atoms with Gasteiger partial charge in [-0.15, -0.1) is 11.3 Å². The molecule has 0 aliphatic carbocycles. The third-order valence-electron chi connectivity index (χ3n) is 4.74. The Balaban J connectivity index is 1.91. The number of benzene rings is 3. The van der Waals surface area contributed by atoms with Crippen molar-refractivity contribution in [2.24, 2.45) is 4.99 Å². The van der Waals surface area contributed by atoms with Crippen LogP contribution in [0.1, 0.15) is 15.9 Å². The van der Waals surface area contributed by atoms with Crippen LogP contribution in [0.2, 0.25) is 0 Å². The summed E-state index contributed by atoms with van der Waals surface area (Å²) in [7, 11) is 1.55. The van der Waals surface area contributed by atoms with Crippen LogP contribution in [0.15, 0.2) is 89.2 Å². The Morgan fingerprint density at radius 2 is 1.69 bits per heavy atom. The van der Waals surface area contributed by atoms with Gasteiger partial charge in [0.2, 0.25) is 0 Å². The van der Waals surface area contributed by atoms with Crippen molar-refractivity contribution in [1.29, 1.82) is 0 Å². The fourth-order valence-corrected chi connectivity index (χ4v) is 4.06. The average Bonchev–Trinajstić information content (AvgIpc) is 3.22. The van der Waals surface area contributed by atoms with Crippen LogP contribution < -0.4 is 9.54 Å². The number of halogens is 3. The minimum absolute atomic E-state index is 0.256. The fraction of sp³-hybridized carbons (Fsp3) is 0.0833. The Kier molecular flexibility index (Phi) is 5.96. The average molecular weight is 454 g/mol. The first kappa shape index (κ1) is 21.6. The molecule has 0 saturated carbocycles. The maximum atomic E-state index is 13.4. The molecule has 0 bridgehead atoms. The molecule has 0 saturated heterocycles. The van der Waals surface area contributed by atoms with Crippen molar-refractivity contribution >= 4 is 17.2 Å². The molecule has 0 spiro atoms. The first-order chi connectivity index (χ1) is 15.4. The number of thiazole rings is 1. The summed E-state index contributed by atoms with van der Waals surface area (Å²) in [6.45, 7) is 0. The molecule has 1 heterocycles. The van der Waals surface area contributed by atoms with Crippen LogP contribution in [0.25, 0.3) is 16.9 Å². The van der Waals surface area contributed by atoms with E-state index in [-0.39, 0.29) is 10.5 Å². The van der Waals surface area contributed by atoms with Gasteiger partial charge in [0.15, 0.2) is 4.80 Å². The number of hydrogen-bond acceptors (Lipinski definition) is 3. The number of carbonyl (C=O) groups excluding carboxylic acids is 1. The molecule has 4 rings (SSSR count). The van der Waals surface area contributed by atoms with E-state index in [1.54, 1.807) is 77.7 Å². The molecule has 32 heavy (non-hydrogen) atoms. The predicted molar refractivity (Wildman–Crippen MR) is 117 cm³/mol. The summed E-state index contributed by atoms with van der Waals surface area (Å²) in [5.41, 5.74) is 1.22. The number of ether oxygens (including phenoxy) is 1. The smallest absolute Gasteiger partial charge is 0.416 e. The Morgan fingerprint density at radius 3 is 2.34 bits per heavy atom. The van der Waals surface area contributed by atoms with Crippen molar-refractivity contribution in [2.45, 2.75) is 6.18 Å². The van der Waals surface area contributed by atoms with E-state index in [1.807, 2.05) is 0 Å². The van der Waals surface area contributed by atoms with Gasteiger partial charge in [0.1, 0.15) is 5.75 Å². The normalized spacial score (nSPS) is 12.1. The largest absolute Gasteiger partial charge is 0.497 e. The maximum absolute atomic E-state index is 13.4. The van der Waals surface area contributed by atoms with Crippen molar-refractivity contribution in [3.63, 3.8) is 0 Å². The van der Waals surface area contributed by atoms with E-state index in [9.17, 15) is 18.0 Å². The highest BCUT2D eigenvalue weighted by atomic mass is 32.1. The molecule has 0 unspecified atom stereocenters. The lowest BCUT2D eigenvalue weighted by atomic mass is 10.1. The van der Waals surface area contributed by atoms with Crippen LogP contribution in [0.3, 0.4) is 0 Å². The van der Waals surface area contributed by atoms with E-state index in [0.29, 0.717) is 17.0 Å². The number of alkyl halides is 3. The summed E-state index contributed by atoms with van der Waals surface area (Å²) < 4.78 is 46.8. The summed E-state index contributed by atoms with van der Waals surface area (Å²) in [4.78, 5) is 17.2. The van der Waals surface area contributed by atoms with E-state index >= 15 is 0 Å². The van der Waals surface area contributed by atoms with Crippen LogP contribution in [-0.4, -0.2) is 17.6 Å². The minimum atomic E-state index is -4.50. The first-order valence-electron chi connectivity index (χ1n) is 9.53. The van der Waals surface area contributed by atoms with Crippen LogP contribution >= 0.6 is 11.3 Å². The van der Waals surface area contributed by atoms with Gasteiger partial charge in [0.25, 0.3) is 5.91 Å². The molecular formula is C24H17F3N2O2S. The first-order valence-corrected chi connectivity index (χ1v) is 10.4. The van der Waals surface area contributed by atoms with E-state index in [0.717, 1.165) is 17.7 Å². The van der Waals surface area contributed by atoms with Crippen LogP contribution in [-0.2, 0) is 6.18 Å². The van der Waals surface area contributed by atoms with Gasteiger partial charge < -0.3 is 4.74 Å². The van der Waals surface area contributed by atoms with E-state index < -0.39 is 17.6 Å². The van der Waals surface area contributed by atoms with Gasteiger partial charge in [0.05, 0.1) is 18.4 Å². The lowest BCUT2D eigenvalue weighted by molar-refractivity contribution is -0.137. The Morgan fingerprint density at radius 1 is 0.969 bits per heavy atom. The molecule has 4 nitrogen and oxygen atoms in total. The molecule has 8 heteroatoms. The third-order valence-corrected chi connectivity index (χ3v) is 5.57. The molecule has 0 radical (unpaired) electrons. The standard InChI is InChI=1S/C24H17F3N2O2S/c1-31-20-12-10-16(11-13-20)21-15-32-23(28-22(30)17-6-3-2-4-7-17)29(21)19-9-5-8-18(14-19)24(25,26)27/h2-15H,1H3. The van der Waals surface area contributed by atoms with Crippen LogP contribution in [0, 0.1) is 0 Å². The molecule has 0 aliphatic heterocycles. The summed E-state index contributed by atoms with van der Waals surface area (Å²) in [5.74, 6) is 0.174. The van der Waals surface area contributed by atoms with E-state index in [1.165, 1.54) is 17.4 Å². The molecule has 4 aromatic rings. The van der Waals surface area contributed by atoms with Gasteiger partial charge in [-0.2, -0.15) is 18.2 Å². The van der Waals surface area contributed by atoms with Gasteiger partial charge in [-0.05, 0) is 60.2 Å². The van der Waals surface area contributed by atoms with Crippen LogP contribution in [0.5, 0.6) is 5.75 Å². The summed E-state index contributed by atoms with van der Waals surface area (Å²) in [5, 5.41) is 1.76. The number of aromatic nitrogens is 1. The van der Waals surface area contributed by atoms with Gasteiger partial charge in [-0.25, -0.2) is 0 Å². The minimum Gasteiger partial charge on any atom is -0.497 e. The zero-order chi connectivity index (χ0) is 22.7. The second kappa shape index (κ2) is 8.84. The number of carbonyl (C=O) groups is 1. The zero-order valence-electron chi connectivity index (χ0n) is 16.8. The molecule has 1 aromatic heterocycles.